The Hall–Kier alpha value is -0.800. The van der Waals surface area contributed by atoms with Gasteiger partial charge in [-0.3, -0.25) is 0 Å². The van der Waals surface area contributed by atoms with E-state index in [1.54, 1.807) is 12.5 Å². The van der Waals surface area contributed by atoms with Gasteiger partial charge in [0.05, 0.1) is 12.5 Å². The molecule has 0 saturated heterocycles. The van der Waals surface area contributed by atoms with Gasteiger partial charge in [0.2, 0.25) is 0 Å². The first kappa shape index (κ1) is 9.29. The largest absolute Gasteiger partial charge is 0.472 e. The molecular formula is C9H15N2O. The highest BCUT2D eigenvalue weighted by atomic mass is 16.3. The van der Waals surface area contributed by atoms with Crippen LogP contribution in [-0.2, 0) is 6.54 Å². The molecule has 1 heterocycles. The summed E-state index contributed by atoms with van der Waals surface area (Å²) in [5.74, 6) is 0. The average Bonchev–Trinajstić information content (AvgIpc) is 2.57. The van der Waals surface area contributed by atoms with Gasteiger partial charge in [0.1, 0.15) is 0 Å². The zero-order valence-corrected chi connectivity index (χ0v) is 7.18. The SMILES string of the molecule is [CH2]CNCCNCc1ccoc1. The van der Waals surface area contributed by atoms with Gasteiger partial charge in [-0.05, 0) is 19.5 Å². The van der Waals surface area contributed by atoms with Crippen LogP contribution in [0.15, 0.2) is 23.0 Å². The van der Waals surface area contributed by atoms with Crippen LogP contribution >= 0.6 is 0 Å². The van der Waals surface area contributed by atoms with Gasteiger partial charge in [-0.25, -0.2) is 0 Å². The van der Waals surface area contributed by atoms with Gasteiger partial charge in [0.25, 0.3) is 0 Å². The van der Waals surface area contributed by atoms with Crippen LogP contribution < -0.4 is 10.6 Å². The van der Waals surface area contributed by atoms with Crippen LogP contribution in [0.5, 0.6) is 0 Å². The maximum atomic E-state index is 4.93. The van der Waals surface area contributed by atoms with Crippen LogP contribution in [0.2, 0.25) is 0 Å². The number of hydrogen-bond donors (Lipinski definition) is 2. The summed E-state index contributed by atoms with van der Waals surface area (Å²) in [5.41, 5.74) is 1.18. The molecule has 0 aliphatic heterocycles. The van der Waals surface area contributed by atoms with E-state index in [0.717, 1.165) is 26.2 Å². The number of hydrogen-bond acceptors (Lipinski definition) is 3. The molecule has 0 aliphatic rings. The van der Waals surface area contributed by atoms with Crippen molar-refractivity contribution in [3.63, 3.8) is 0 Å². The van der Waals surface area contributed by atoms with E-state index < -0.39 is 0 Å². The Labute approximate surface area is 73.2 Å². The van der Waals surface area contributed by atoms with Crippen molar-refractivity contribution in [2.45, 2.75) is 6.54 Å². The van der Waals surface area contributed by atoms with E-state index in [9.17, 15) is 0 Å². The van der Waals surface area contributed by atoms with Crippen molar-refractivity contribution < 1.29 is 4.42 Å². The zero-order valence-electron chi connectivity index (χ0n) is 7.18. The molecule has 0 fully saturated rings. The fourth-order valence-corrected chi connectivity index (χ4v) is 0.928. The molecule has 1 aromatic heterocycles. The van der Waals surface area contributed by atoms with Gasteiger partial charge in [-0.2, -0.15) is 0 Å². The lowest BCUT2D eigenvalue weighted by atomic mass is 10.3. The molecule has 0 atom stereocenters. The normalized spacial score (nSPS) is 10.4. The molecule has 2 N–H and O–H groups in total. The third-order valence-electron chi connectivity index (χ3n) is 1.56. The van der Waals surface area contributed by atoms with Crippen molar-refractivity contribution in [1.29, 1.82) is 0 Å². The third kappa shape index (κ3) is 3.55. The molecule has 67 valence electrons. The van der Waals surface area contributed by atoms with Crippen LogP contribution in [-0.4, -0.2) is 19.6 Å². The summed E-state index contributed by atoms with van der Waals surface area (Å²) in [6, 6.07) is 1.96. The first-order chi connectivity index (χ1) is 5.93. The Kier molecular flexibility index (Phi) is 4.49. The Bertz CT molecular complexity index is 184. The first-order valence-electron chi connectivity index (χ1n) is 4.15. The van der Waals surface area contributed by atoms with E-state index in [2.05, 4.69) is 17.6 Å². The van der Waals surface area contributed by atoms with Crippen LogP contribution in [0.3, 0.4) is 0 Å². The molecule has 3 heteroatoms. The van der Waals surface area contributed by atoms with Gasteiger partial charge < -0.3 is 15.1 Å². The lowest BCUT2D eigenvalue weighted by Gasteiger charge is -2.02. The molecule has 0 amide bonds. The molecule has 1 rings (SSSR count). The molecule has 0 unspecified atom stereocenters. The lowest BCUT2D eigenvalue weighted by molar-refractivity contribution is 0.559. The molecule has 0 spiro atoms. The summed E-state index contributed by atoms with van der Waals surface area (Å²) >= 11 is 0. The van der Waals surface area contributed by atoms with Crippen molar-refractivity contribution in [2.24, 2.45) is 0 Å². The monoisotopic (exact) mass is 167 g/mol. The third-order valence-corrected chi connectivity index (χ3v) is 1.56. The van der Waals surface area contributed by atoms with Gasteiger partial charge >= 0.3 is 0 Å². The topological polar surface area (TPSA) is 37.2 Å². The number of nitrogens with one attached hydrogen (secondary N) is 2. The van der Waals surface area contributed by atoms with Crippen LogP contribution in [0.1, 0.15) is 5.56 Å². The van der Waals surface area contributed by atoms with Gasteiger partial charge in [-0.15, -0.1) is 0 Å². The van der Waals surface area contributed by atoms with Crippen molar-refractivity contribution >= 4 is 0 Å². The lowest BCUT2D eigenvalue weighted by Crippen LogP contribution is -2.26. The smallest absolute Gasteiger partial charge is 0.0947 e. The maximum absolute atomic E-state index is 4.93. The standard InChI is InChI=1S/C9H15N2O/c1-2-10-4-5-11-7-9-3-6-12-8-9/h3,6,8,10-11H,1-2,4-5,7H2. The van der Waals surface area contributed by atoms with Gasteiger partial charge in [-0.1, -0.05) is 0 Å². The maximum Gasteiger partial charge on any atom is 0.0947 e. The quantitative estimate of drug-likeness (QED) is 0.615. The predicted molar refractivity (Wildman–Crippen MR) is 48.6 cm³/mol. The Morgan fingerprint density at radius 3 is 2.83 bits per heavy atom. The molecule has 3 nitrogen and oxygen atoms in total. The number of rotatable bonds is 6. The van der Waals surface area contributed by atoms with Crippen molar-refractivity contribution in [2.75, 3.05) is 19.6 Å². The second-order valence-corrected chi connectivity index (χ2v) is 2.56. The van der Waals surface area contributed by atoms with E-state index in [-0.39, 0.29) is 0 Å². The molecule has 0 aromatic carbocycles. The highest BCUT2D eigenvalue weighted by molar-refractivity contribution is 5.04. The second-order valence-electron chi connectivity index (χ2n) is 2.56. The Balaban J connectivity index is 1.96. The highest BCUT2D eigenvalue weighted by Gasteiger charge is 1.91. The fraction of sp³-hybridized carbons (Fsp3) is 0.444. The van der Waals surface area contributed by atoms with Crippen molar-refractivity contribution in [3.05, 3.63) is 31.1 Å². The average molecular weight is 167 g/mol. The predicted octanol–water partition coefficient (Wildman–Crippen LogP) is 0.793. The van der Waals surface area contributed by atoms with Gasteiger partial charge in [0, 0.05) is 25.2 Å². The summed E-state index contributed by atoms with van der Waals surface area (Å²) in [6.45, 7) is 7.25. The van der Waals surface area contributed by atoms with Crippen LogP contribution in [0.25, 0.3) is 0 Å². The summed E-state index contributed by atoms with van der Waals surface area (Å²) < 4.78 is 4.93. The molecule has 0 bridgehead atoms. The molecule has 12 heavy (non-hydrogen) atoms. The minimum Gasteiger partial charge on any atom is -0.472 e. The minimum atomic E-state index is 0.785. The summed E-state index contributed by atoms with van der Waals surface area (Å²) in [6.07, 6.45) is 3.44. The van der Waals surface area contributed by atoms with Crippen molar-refractivity contribution in [3.8, 4) is 0 Å². The van der Waals surface area contributed by atoms with E-state index in [1.165, 1.54) is 5.56 Å². The number of furan rings is 1. The van der Waals surface area contributed by atoms with Crippen LogP contribution in [0, 0.1) is 6.92 Å². The van der Waals surface area contributed by atoms with E-state index in [0.29, 0.717) is 0 Å². The van der Waals surface area contributed by atoms with Crippen LogP contribution in [0.4, 0.5) is 0 Å². The Morgan fingerprint density at radius 2 is 2.17 bits per heavy atom. The zero-order chi connectivity index (χ0) is 8.65. The first-order valence-corrected chi connectivity index (χ1v) is 4.15. The fourth-order valence-electron chi connectivity index (χ4n) is 0.928. The molecular weight excluding hydrogens is 152 g/mol. The van der Waals surface area contributed by atoms with E-state index in [1.807, 2.05) is 6.07 Å². The highest BCUT2D eigenvalue weighted by Crippen LogP contribution is 1.97. The molecule has 0 saturated carbocycles. The minimum absolute atomic E-state index is 0.785. The molecule has 0 aliphatic carbocycles. The Morgan fingerprint density at radius 1 is 1.33 bits per heavy atom. The summed E-state index contributed by atoms with van der Waals surface area (Å²) in [5, 5.41) is 6.40. The van der Waals surface area contributed by atoms with E-state index >= 15 is 0 Å². The van der Waals surface area contributed by atoms with E-state index in [4.69, 9.17) is 4.42 Å². The summed E-state index contributed by atoms with van der Waals surface area (Å²) in [4.78, 5) is 0. The second kappa shape index (κ2) is 5.80. The van der Waals surface area contributed by atoms with Crippen molar-refractivity contribution in [1.82, 2.24) is 10.6 Å². The molecule has 1 aromatic rings. The summed E-state index contributed by atoms with van der Waals surface area (Å²) in [7, 11) is 0. The molecule has 1 radical (unpaired) electrons. The van der Waals surface area contributed by atoms with Gasteiger partial charge in [0.15, 0.2) is 0 Å².